The van der Waals surface area contributed by atoms with Gasteiger partial charge in [0.15, 0.2) is 0 Å². The molecule has 2 rings (SSSR count). The zero-order chi connectivity index (χ0) is 12.8. The minimum absolute atomic E-state index is 0.212. The van der Waals surface area contributed by atoms with Gasteiger partial charge in [0.25, 0.3) is 0 Å². The molecule has 1 aliphatic rings. The van der Waals surface area contributed by atoms with Crippen LogP contribution in [0.3, 0.4) is 0 Å². The maximum Gasteiger partial charge on any atom is 0.232 e. The van der Waals surface area contributed by atoms with E-state index >= 15 is 0 Å². The summed E-state index contributed by atoms with van der Waals surface area (Å²) < 4.78 is 0. The van der Waals surface area contributed by atoms with E-state index in [0.717, 1.165) is 30.8 Å². The normalized spacial score (nSPS) is 19.2. The molecule has 1 unspecified atom stereocenters. The van der Waals surface area contributed by atoms with Gasteiger partial charge in [0.05, 0.1) is 5.75 Å². The Labute approximate surface area is 112 Å². The highest BCUT2D eigenvalue weighted by Crippen LogP contribution is 2.22. The van der Waals surface area contributed by atoms with Crippen molar-refractivity contribution in [3.63, 3.8) is 0 Å². The first-order chi connectivity index (χ1) is 8.79. The molecule has 0 aromatic heterocycles. The molecule has 0 aliphatic carbocycles. The number of hydrogen-bond acceptors (Lipinski definition) is 3. The maximum atomic E-state index is 12.0. The molecule has 0 spiro atoms. The Balaban J connectivity index is 1.76. The van der Waals surface area contributed by atoms with Gasteiger partial charge in [0.1, 0.15) is 0 Å². The largest absolute Gasteiger partial charge is 0.396 e. The molecule has 4 heteroatoms. The van der Waals surface area contributed by atoms with Gasteiger partial charge in [-0.2, -0.15) is 0 Å². The third-order valence-corrected chi connectivity index (χ3v) is 4.28. The summed E-state index contributed by atoms with van der Waals surface area (Å²) in [6.07, 6.45) is 1.85. The number of likely N-dealkylation sites (tertiary alicyclic amines) is 1. The Morgan fingerprint density at radius 1 is 1.39 bits per heavy atom. The van der Waals surface area contributed by atoms with E-state index in [4.69, 9.17) is 5.11 Å². The molecule has 0 radical (unpaired) electrons. The molecular formula is C14H19NO2S. The lowest BCUT2D eigenvalue weighted by Crippen LogP contribution is -2.30. The molecule has 1 heterocycles. The molecule has 1 atom stereocenters. The number of hydrogen-bond donors (Lipinski definition) is 1. The minimum atomic E-state index is 0.212. The number of aliphatic hydroxyl groups is 1. The number of thioether (sulfide) groups is 1. The molecule has 1 aromatic rings. The fraction of sp³-hybridized carbons (Fsp3) is 0.500. The third kappa shape index (κ3) is 3.75. The minimum Gasteiger partial charge on any atom is -0.396 e. The van der Waals surface area contributed by atoms with Crippen LogP contribution in [0.25, 0.3) is 0 Å². The van der Waals surface area contributed by atoms with Crippen molar-refractivity contribution in [2.45, 2.75) is 17.7 Å². The van der Waals surface area contributed by atoms with Crippen molar-refractivity contribution in [3.8, 4) is 0 Å². The Hall–Kier alpha value is -1.00. The summed E-state index contributed by atoms with van der Waals surface area (Å²) in [6, 6.07) is 10.00. The van der Waals surface area contributed by atoms with E-state index in [0.29, 0.717) is 11.7 Å². The average Bonchev–Trinajstić information content (AvgIpc) is 2.86. The number of rotatable bonds is 5. The fourth-order valence-corrected chi connectivity index (χ4v) is 3.05. The van der Waals surface area contributed by atoms with Gasteiger partial charge >= 0.3 is 0 Å². The molecule has 1 saturated heterocycles. The molecule has 1 aromatic carbocycles. The van der Waals surface area contributed by atoms with Crippen LogP contribution >= 0.6 is 11.8 Å². The first-order valence-corrected chi connectivity index (χ1v) is 7.34. The fourth-order valence-electron chi connectivity index (χ4n) is 2.23. The first-order valence-electron chi connectivity index (χ1n) is 6.36. The third-order valence-electron chi connectivity index (χ3n) is 3.28. The van der Waals surface area contributed by atoms with Gasteiger partial charge < -0.3 is 10.0 Å². The maximum absolute atomic E-state index is 12.0. The lowest BCUT2D eigenvalue weighted by molar-refractivity contribution is -0.127. The second-order valence-electron chi connectivity index (χ2n) is 4.61. The Kier molecular flexibility index (Phi) is 5.08. The van der Waals surface area contributed by atoms with Crippen LogP contribution in [0.1, 0.15) is 12.8 Å². The monoisotopic (exact) mass is 265 g/mol. The van der Waals surface area contributed by atoms with Crippen LogP contribution in [0.2, 0.25) is 0 Å². The first kappa shape index (κ1) is 13.4. The van der Waals surface area contributed by atoms with Crippen molar-refractivity contribution in [1.82, 2.24) is 4.90 Å². The van der Waals surface area contributed by atoms with Crippen LogP contribution in [-0.4, -0.2) is 41.4 Å². The summed E-state index contributed by atoms with van der Waals surface area (Å²) in [4.78, 5) is 15.1. The smallest absolute Gasteiger partial charge is 0.232 e. The zero-order valence-corrected chi connectivity index (χ0v) is 11.2. The van der Waals surface area contributed by atoms with Crippen molar-refractivity contribution in [1.29, 1.82) is 0 Å². The summed E-state index contributed by atoms with van der Waals surface area (Å²) in [5.41, 5.74) is 0. The molecule has 0 bridgehead atoms. The average molecular weight is 265 g/mol. The summed E-state index contributed by atoms with van der Waals surface area (Å²) in [5.74, 6) is 1.21. The SMILES string of the molecule is O=C(CSc1ccccc1)N1CCC(CCO)C1. The van der Waals surface area contributed by atoms with E-state index in [2.05, 4.69) is 0 Å². The summed E-state index contributed by atoms with van der Waals surface area (Å²) >= 11 is 1.59. The second-order valence-corrected chi connectivity index (χ2v) is 5.66. The molecule has 0 saturated carbocycles. The van der Waals surface area contributed by atoms with Crippen molar-refractivity contribution in [3.05, 3.63) is 30.3 Å². The lowest BCUT2D eigenvalue weighted by atomic mass is 10.1. The molecule has 1 amide bonds. The van der Waals surface area contributed by atoms with Crippen LogP contribution in [0.5, 0.6) is 0 Å². The number of carbonyl (C=O) groups is 1. The second kappa shape index (κ2) is 6.81. The van der Waals surface area contributed by atoms with Crippen LogP contribution in [0, 0.1) is 5.92 Å². The standard InChI is InChI=1S/C14H19NO2S/c16-9-7-12-6-8-15(10-12)14(17)11-18-13-4-2-1-3-5-13/h1-5,12,16H,6-11H2. The van der Waals surface area contributed by atoms with Crippen molar-refractivity contribution in [2.24, 2.45) is 5.92 Å². The van der Waals surface area contributed by atoms with Crippen LogP contribution in [-0.2, 0) is 4.79 Å². The summed E-state index contributed by atoms with van der Waals surface area (Å²) in [5, 5.41) is 8.90. The van der Waals surface area contributed by atoms with Gasteiger partial charge in [-0.3, -0.25) is 4.79 Å². The predicted octanol–water partition coefficient (Wildman–Crippen LogP) is 2.01. The van der Waals surface area contributed by atoms with Crippen LogP contribution in [0.15, 0.2) is 35.2 Å². The van der Waals surface area contributed by atoms with E-state index in [-0.39, 0.29) is 12.5 Å². The Morgan fingerprint density at radius 2 is 2.17 bits per heavy atom. The number of carbonyl (C=O) groups excluding carboxylic acids is 1. The zero-order valence-electron chi connectivity index (χ0n) is 10.4. The molecule has 98 valence electrons. The number of aliphatic hydroxyl groups excluding tert-OH is 1. The van der Waals surface area contributed by atoms with Gasteiger partial charge in [0.2, 0.25) is 5.91 Å². The van der Waals surface area contributed by atoms with Gasteiger partial charge in [-0.25, -0.2) is 0 Å². The van der Waals surface area contributed by atoms with E-state index < -0.39 is 0 Å². The van der Waals surface area contributed by atoms with Crippen molar-refractivity contribution in [2.75, 3.05) is 25.4 Å². The van der Waals surface area contributed by atoms with E-state index in [1.54, 1.807) is 11.8 Å². The Bertz CT molecular complexity index is 383. The molecule has 1 fully saturated rings. The topological polar surface area (TPSA) is 40.5 Å². The number of benzene rings is 1. The highest BCUT2D eigenvalue weighted by atomic mass is 32.2. The van der Waals surface area contributed by atoms with Crippen molar-refractivity contribution < 1.29 is 9.90 Å². The molecule has 3 nitrogen and oxygen atoms in total. The quantitative estimate of drug-likeness (QED) is 0.828. The molecule has 1 aliphatic heterocycles. The highest BCUT2D eigenvalue weighted by Gasteiger charge is 2.25. The Morgan fingerprint density at radius 3 is 2.89 bits per heavy atom. The lowest BCUT2D eigenvalue weighted by Gasteiger charge is -2.16. The highest BCUT2D eigenvalue weighted by molar-refractivity contribution is 8.00. The summed E-state index contributed by atoms with van der Waals surface area (Å²) in [6.45, 7) is 1.89. The molecule has 1 N–H and O–H groups in total. The van der Waals surface area contributed by atoms with Gasteiger partial charge in [-0.05, 0) is 30.9 Å². The van der Waals surface area contributed by atoms with Gasteiger partial charge in [0, 0.05) is 24.6 Å². The number of nitrogens with zero attached hydrogens (tertiary/aromatic N) is 1. The van der Waals surface area contributed by atoms with Gasteiger partial charge in [-0.1, -0.05) is 18.2 Å². The predicted molar refractivity (Wildman–Crippen MR) is 73.6 cm³/mol. The van der Waals surface area contributed by atoms with E-state index in [1.807, 2.05) is 35.2 Å². The molecule has 18 heavy (non-hydrogen) atoms. The van der Waals surface area contributed by atoms with Gasteiger partial charge in [-0.15, -0.1) is 11.8 Å². The summed E-state index contributed by atoms with van der Waals surface area (Å²) in [7, 11) is 0. The van der Waals surface area contributed by atoms with E-state index in [9.17, 15) is 4.79 Å². The van der Waals surface area contributed by atoms with E-state index in [1.165, 1.54) is 0 Å². The number of amides is 1. The van der Waals surface area contributed by atoms with Crippen molar-refractivity contribution >= 4 is 17.7 Å². The van der Waals surface area contributed by atoms with Crippen LogP contribution < -0.4 is 0 Å². The molecular weight excluding hydrogens is 246 g/mol. The van der Waals surface area contributed by atoms with Crippen LogP contribution in [0.4, 0.5) is 0 Å².